The van der Waals surface area contributed by atoms with E-state index in [0.717, 1.165) is 29.5 Å². The molecule has 2 unspecified atom stereocenters. The lowest BCUT2D eigenvalue weighted by atomic mass is 9.98. The zero-order valence-corrected chi connectivity index (χ0v) is 36.6. The summed E-state index contributed by atoms with van der Waals surface area (Å²) in [4.78, 5) is 75.4. The van der Waals surface area contributed by atoms with Crippen LogP contribution in [0.4, 0.5) is 19.2 Å². The lowest BCUT2D eigenvalue weighted by Gasteiger charge is -2.24. The fourth-order valence-corrected chi connectivity index (χ4v) is 5.03. The number of amides is 6. The SMILES string of the molecule is C#Cc1cc(CCCCNC(=O)C(CNC(=O)OC(C)(C)C)NC(=O)OC(C)(C)C)cc(CCCCNC(=O)C(CNC(=O)OC(C)(C)C)NC(=O)OC(C)(C)C)c1. The molecule has 1 aromatic carbocycles. The number of unbranched alkanes of at least 4 members (excludes halogenated alkanes) is 2. The summed E-state index contributed by atoms with van der Waals surface area (Å²) in [6.07, 6.45) is 6.89. The number of ether oxygens (including phenoxy) is 4. The second-order valence-corrected chi connectivity index (χ2v) is 17.8. The van der Waals surface area contributed by atoms with E-state index >= 15 is 0 Å². The number of terminal acetylenes is 1. The van der Waals surface area contributed by atoms with Gasteiger partial charge in [-0.3, -0.25) is 9.59 Å². The Balaban J connectivity index is 2.71. The van der Waals surface area contributed by atoms with Gasteiger partial charge in [-0.25, -0.2) is 19.2 Å². The van der Waals surface area contributed by atoms with Crippen LogP contribution in [-0.4, -0.2) is 96.9 Å². The van der Waals surface area contributed by atoms with Crippen molar-refractivity contribution in [3.05, 3.63) is 34.9 Å². The van der Waals surface area contributed by atoms with Crippen molar-refractivity contribution in [1.29, 1.82) is 0 Å². The van der Waals surface area contributed by atoms with Crippen molar-refractivity contribution in [2.45, 2.75) is 156 Å². The summed E-state index contributed by atoms with van der Waals surface area (Å²) in [7, 11) is 0. The van der Waals surface area contributed by atoms with E-state index < -0.39 is 70.7 Å². The highest BCUT2D eigenvalue weighted by Gasteiger charge is 2.27. The average Bonchev–Trinajstić information content (AvgIpc) is 3.04. The fourth-order valence-electron chi connectivity index (χ4n) is 5.03. The molecular formula is C42H68N6O10. The van der Waals surface area contributed by atoms with Crippen molar-refractivity contribution in [2.24, 2.45) is 0 Å². The quantitative estimate of drug-likeness (QED) is 0.0633. The van der Waals surface area contributed by atoms with Crippen LogP contribution < -0.4 is 31.9 Å². The maximum Gasteiger partial charge on any atom is 0.408 e. The second-order valence-electron chi connectivity index (χ2n) is 17.8. The van der Waals surface area contributed by atoms with Gasteiger partial charge in [0.15, 0.2) is 0 Å². The van der Waals surface area contributed by atoms with E-state index in [2.05, 4.69) is 43.9 Å². The summed E-state index contributed by atoms with van der Waals surface area (Å²) in [6, 6.07) is 3.80. The first-order valence-electron chi connectivity index (χ1n) is 19.7. The lowest BCUT2D eigenvalue weighted by molar-refractivity contribution is -0.123. The first-order valence-corrected chi connectivity index (χ1v) is 19.7. The van der Waals surface area contributed by atoms with Gasteiger partial charge in [0.1, 0.15) is 34.5 Å². The second kappa shape index (κ2) is 23.3. The Morgan fingerprint density at radius 1 is 0.517 bits per heavy atom. The van der Waals surface area contributed by atoms with Gasteiger partial charge in [0.25, 0.3) is 0 Å². The molecule has 0 aromatic heterocycles. The molecule has 0 saturated heterocycles. The van der Waals surface area contributed by atoms with Gasteiger partial charge < -0.3 is 50.8 Å². The summed E-state index contributed by atoms with van der Waals surface area (Å²) >= 11 is 0. The van der Waals surface area contributed by atoms with Gasteiger partial charge in [-0.2, -0.15) is 0 Å². The maximum atomic E-state index is 13.0. The molecule has 16 nitrogen and oxygen atoms in total. The molecule has 0 heterocycles. The Morgan fingerprint density at radius 2 is 0.845 bits per heavy atom. The first-order chi connectivity index (χ1) is 26.6. The van der Waals surface area contributed by atoms with Crippen LogP contribution in [-0.2, 0) is 41.4 Å². The molecule has 1 rings (SSSR count). The van der Waals surface area contributed by atoms with E-state index in [-0.39, 0.29) is 13.1 Å². The van der Waals surface area contributed by atoms with Gasteiger partial charge in [-0.1, -0.05) is 12.0 Å². The largest absolute Gasteiger partial charge is 0.444 e. The molecule has 16 heteroatoms. The molecule has 0 saturated carbocycles. The molecule has 1 aromatic rings. The molecular weight excluding hydrogens is 748 g/mol. The summed E-state index contributed by atoms with van der Waals surface area (Å²) in [6.45, 7) is 20.8. The number of carbonyl (C=O) groups is 6. The Morgan fingerprint density at radius 3 is 1.16 bits per heavy atom. The predicted molar refractivity (Wildman–Crippen MR) is 221 cm³/mol. The van der Waals surface area contributed by atoms with Crippen LogP contribution in [0.5, 0.6) is 0 Å². The Bertz CT molecular complexity index is 1470. The number of hydrogen-bond acceptors (Lipinski definition) is 10. The lowest BCUT2D eigenvalue weighted by Crippen LogP contribution is -2.54. The predicted octanol–water partition coefficient (Wildman–Crippen LogP) is 5.38. The number of rotatable bonds is 18. The smallest absolute Gasteiger partial charge is 0.408 e. The third kappa shape index (κ3) is 25.1. The van der Waals surface area contributed by atoms with Crippen molar-refractivity contribution >= 4 is 36.2 Å². The highest BCUT2D eigenvalue weighted by atomic mass is 16.6. The number of alkyl carbamates (subject to hydrolysis) is 4. The standard InChI is InChI=1S/C42H68N6O10/c1-14-28-23-29(19-15-17-21-43-33(49)31(47-37(53)57-41(8,9)10)26-45-35(51)55-39(2,3)4)25-30(24-28)20-16-18-22-44-34(50)32(48-38(54)58-42(11,12)13)27-46-36(52)56-40(5,6)7/h1,23-25,31-32H,15-22,26-27H2,2-13H3,(H,43,49)(H,44,50)(H,45,51)(H,46,52)(H,47,53)(H,48,54). The molecule has 6 amide bonds. The summed E-state index contributed by atoms with van der Waals surface area (Å²) in [5.41, 5.74) is -0.195. The van der Waals surface area contributed by atoms with Crippen LogP contribution in [0.3, 0.4) is 0 Å². The minimum Gasteiger partial charge on any atom is -0.444 e. The van der Waals surface area contributed by atoms with Gasteiger partial charge in [-0.15, -0.1) is 6.42 Å². The van der Waals surface area contributed by atoms with Crippen molar-refractivity contribution in [3.63, 3.8) is 0 Å². The Hall–Kier alpha value is -5.20. The van der Waals surface area contributed by atoms with E-state index in [1.807, 2.05) is 12.1 Å². The summed E-state index contributed by atoms with van der Waals surface area (Å²) in [5.74, 6) is 1.74. The van der Waals surface area contributed by atoms with Gasteiger partial charge in [-0.05, 0) is 145 Å². The summed E-state index contributed by atoms with van der Waals surface area (Å²) in [5, 5.41) is 15.7. The highest BCUT2D eigenvalue weighted by molar-refractivity contribution is 5.87. The molecule has 0 fully saturated rings. The number of benzene rings is 1. The molecule has 2 atom stereocenters. The molecule has 0 spiro atoms. The third-order valence-corrected chi connectivity index (χ3v) is 7.32. The minimum absolute atomic E-state index is 0.201. The zero-order chi connectivity index (χ0) is 44.3. The normalized spacial score (nSPS) is 12.7. The van der Waals surface area contributed by atoms with Crippen molar-refractivity contribution in [2.75, 3.05) is 26.2 Å². The monoisotopic (exact) mass is 816 g/mol. The van der Waals surface area contributed by atoms with Gasteiger partial charge >= 0.3 is 24.4 Å². The summed E-state index contributed by atoms with van der Waals surface area (Å²) < 4.78 is 21.1. The molecule has 6 N–H and O–H groups in total. The van der Waals surface area contributed by atoms with Crippen molar-refractivity contribution < 1.29 is 47.7 Å². The number of carbonyl (C=O) groups excluding carboxylic acids is 6. The van der Waals surface area contributed by atoms with Crippen LogP contribution in [0.15, 0.2) is 18.2 Å². The van der Waals surface area contributed by atoms with Crippen LogP contribution in [0, 0.1) is 12.3 Å². The van der Waals surface area contributed by atoms with Crippen molar-refractivity contribution in [1.82, 2.24) is 31.9 Å². The van der Waals surface area contributed by atoms with Crippen molar-refractivity contribution in [3.8, 4) is 12.3 Å². The average molecular weight is 817 g/mol. The fraction of sp³-hybridized carbons (Fsp3) is 0.667. The third-order valence-electron chi connectivity index (χ3n) is 7.32. The number of aryl methyl sites for hydroxylation is 2. The molecule has 0 aliphatic heterocycles. The van der Waals surface area contributed by atoms with E-state index in [1.54, 1.807) is 83.1 Å². The van der Waals surface area contributed by atoms with Crippen LogP contribution >= 0.6 is 0 Å². The Labute approximate surface area is 344 Å². The Kier molecular flexibility index (Phi) is 20.4. The molecule has 0 aliphatic rings. The van der Waals surface area contributed by atoms with Gasteiger partial charge in [0.2, 0.25) is 11.8 Å². The van der Waals surface area contributed by atoms with Crippen LogP contribution in [0.25, 0.3) is 0 Å². The molecule has 326 valence electrons. The molecule has 58 heavy (non-hydrogen) atoms. The first kappa shape index (κ1) is 50.8. The minimum atomic E-state index is -1.10. The van der Waals surface area contributed by atoms with E-state index in [1.165, 1.54) is 0 Å². The number of nitrogens with one attached hydrogen (secondary N) is 6. The van der Waals surface area contributed by atoms with Gasteiger partial charge in [0, 0.05) is 18.7 Å². The van der Waals surface area contributed by atoms with E-state index in [0.29, 0.717) is 38.8 Å². The topological polar surface area (TPSA) is 212 Å². The molecule has 0 radical (unpaired) electrons. The number of hydrogen-bond donors (Lipinski definition) is 6. The zero-order valence-electron chi connectivity index (χ0n) is 36.6. The van der Waals surface area contributed by atoms with Gasteiger partial charge in [0.05, 0.1) is 13.1 Å². The highest BCUT2D eigenvalue weighted by Crippen LogP contribution is 2.15. The molecule has 0 aliphatic carbocycles. The maximum absolute atomic E-state index is 13.0. The van der Waals surface area contributed by atoms with Crippen LogP contribution in [0.2, 0.25) is 0 Å². The molecule has 0 bridgehead atoms. The van der Waals surface area contributed by atoms with E-state index in [4.69, 9.17) is 25.4 Å². The van der Waals surface area contributed by atoms with Crippen LogP contribution in [0.1, 0.15) is 125 Å². The van der Waals surface area contributed by atoms with E-state index in [9.17, 15) is 28.8 Å².